The Bertz CT molecular complexity index is 997. The number of likely N-dealkylation sites (tertiary alicyclic amines) is 1. The highest BCUT2D eigenvalue weighted by Crippen LogP contribution is 2.24. The van der Waals surface area contributed by atoms with Crippen molar-refractivity contribution in [2.24, 2.45) is 4.99 Å². The summed E-state index contributed by atoms with van der Waals surface area (Å²) in [5, 5.41) is 6.85. The van der Waals surface area contributed by atoms with E-state index < -0.39 is 0 Å². The van der Waals surface area contributed by atoms with Gasteiger partial charge in [-0.3, -0.25) is 9.89 Å². The van der Waals surface area contributed by atoms with Crippen molar-refractivity contribution in [3.63, 3.8) is 0 Å². The Hall–Kier alpha value is -3.19. The largest absolute Gasteiger partial charge is 0.444 e. The summed E-state index contributed by atoms with van der Waals surface area (Å²) in [6, 6.07) is 17.1. The van der Waals surface area contributed by atoms with Crippen LogP contribution in [0.3, 0.4) is 0 Å². The number of aromatic nitrogens is 1. The van der Waals surface area contributed by atoms with Gasteiger partial charge in [0, 0.05) is 32.1 Å². The van der Waals surface area contributed by atoms with Gasteiger partial charge in [-0.05, 0) is 55.8 Å². The van der Waals surface area contributed by atoms with Crippen LogP contribution in [0.1, 0.15) is 30.1 Å². The molecule has 1 atom stereocenters. The van der Waals surface area contributed by atoms with Crippen molar-refractivity contribution in [1.82, 2.24) is 20.5 Å². The first-order chi connectivity index (χ1) is 15.7. The van der Waals surface area contributed by atoms with E-state index >= 15 is 0 Å². The zero-order valence-electron chi connectivity index (χ0n) is 18.4. The molecule has 4 rings (SSSR count). The second-order valence-corrected chi connectivity index (χ2v) is 7.95. The van der Waals surface area contributed by atoms with Gasteiger partial charge >= 0.3 is 0 Å². The highest BCUT2D eigenvalue weighted by Gasteiger charge is 2.23. The first kappa shape index (κ1) is 22.0. The summed E-state index contributed by atoms with van der Waals surface area (Å²) in [4.78, 5) is 11.4. The van der Waals surface area contributed by atoms with E-state index in [1.807, 2.05) is 0 Å². The van der Waals surface area contributed by atoms with E-state index in [-0.39, 0.29) is 5.82 Å². The van der Waals surface area contributed by atoms with Crippen LogP contribution in [0.2, 0.25) is 0 Å². The molecule has 0 aliphatic carbocycles. The number of guanidine groups is 1. The average molecular weight is 436 g/mol. The lowest BCUT2D eigenvalue weighted by Crippen LogP contribution is -2.43. The van der Waals surface area contributed by atoms with Crippen LogP contribution in [0, 0.1) is 5.82 Å². The van der Waals surface area contributed by atoms with Crippen molar-refractivity contribution < 1.29 is 8.81 Å². The number of rotatable bonds is 8. The highest BCUT2D eigenvalue weighted by molar-refractivity contribution is 5.79. The third-order valence-electron chi connectivity index (χ3n) is 5.77. The van der Waals surface area contributed by atoms with Crippen LogP contribution >= 0.6 is 0 Å². The molecule has 1 fully saturated rings. The van der Waals surface area contributed by atoms with Gasteiger partial charge in [0.15, 0.2) is 5.96 Å². The van der Waals surface area contributed by atoms with Gasteiger partial charge in [0.05, 0.1) is 11.7 Å². The standard InChI is InChI=1S/C25H30FN5O/c1-27-25(29-17-23(31-15-5-6-16-31)19-7-3-2-4-8-19)28-14-13-22-18-32-24(30-22)20-9-11-21(26)12-10-20/h2-4,7-12,18,23H,5-6,13-17H2,1H3,(H2,27,28,29). The predicted molar refractivity (Wildman–Crippen MR) is 125 cm³/mol. The third kappa shape index (κ3) is 5.73. The van der Waals surface area contributed by atoms with Crippen LogP contribution in [0.5, 0.6) is 0 Å². The molecule has 1 aliphatic heterocycles. The summed E-state index contributed by atoms with van der Waals surface area (Å²) >= 11 is 0. The van der Waals surface area contributed by atoms with Crippen LogP contribution in [0.25, 0.3) is 11.5 Å². The van der Waals surface area contributed by atoms with E-state index in [1.54, 1.807) is 25.4 Å². The van der Waals surface area contributed by atoms with Crippen molar-refractivity contribution in [2.75, 3.05) is 33.2 Å². The van der Waals surface area contributed by atoms with Gasteiger partial charge in [-0.15, -0.1) is 0 Å². The lowest BCUT2D eigenvalue weighted by Gasteiger charge is -2.29. The summed E-state index contributed by atoms with van der Waals surface area (Å²) in [6.07, 6.45) is 4.86. The molecule has 0 amide bonds. The SMILES string of the molecule is CN=C(NCCc1coc(-c2ccc(F)cc2)n1)NCC(c1ccccc1)N1CCCC1. The van der Waals surface area contributed by atoms with Gasteiger partial charge in [0.2, 0.25) is 5.89 Å². The molecule has 1 aliphatic rings. The predicted octanol–water partition coefficient (Wildman–Crippen LogP) is 4.03. The molecule has 6 nitrogen and oxygen atoms in total. The number of hydrogen-bond donors (Lipinski definition) is 2. The molecule has 1 unspecified atom stereocenters. The van der Waals surface area contributed by atoms with Crippen LogP contribution in [-0.4, -0.2) is 49.1 Å². The second kappa shape index (κ2) is 10.9. The van der Waals surface area contributed by atoms with Gasteiger partial charge in [0.1, 0.15) is 12.1 Å². The maximum Gasteiger partial charge on any atom is 0.226 e. The number of benzene rings is 2. The molecule has 0 bridgehead atoms. The van der Waals surface area contributed by atoms with Crippen molar-refractivity contribution in [3.8, 4) is 11.5 Å². The first-order valence-corrected chi connectivity index (χ1v) is 11.2. The molecule has 0 radical (unpaired) electrons. The molecule has 7 heteroatoms. The van der Waals surface area contributed by atoms with Gasteiger partial charge in [-0.2, -0.15) is 0 Å². The minimum absolute atomic E-state index is 0.275. The number of oxazole rings is 1. The lowest BCUT2D eigenvalue weighted by molar-refractivity contribution is 0.245. The van der Waals surface area contributed by atoms with E-state index in [2.05, 4.69) is 55.8 Å². The van der Waals surface area contributed by atoms with Crippen molar-refractivity contribution in [1.29, 1.82) is 0 Å². The Kier molecular flexibility index (Phi) is 7.51. The second-order valence-electron chi connectivity index (χ2n) is 7.95. The Balaban J connectivity index is 1.29. The molecule has 1 saturated heterocycles. The van der Waals surface area contributed by atoms with E-state index in [0.29, 0.717) is 24.9 Å². The Labute approximate surface area is 188 Å². The molecule has 1 aromatic heterocycles. The monoisotopic (exact) mass is 435 g/mol. The van der Waals surface area contributed by atoms with E-state index in [0.717, 1.165) is 36.9 Å². The maximum absolute atomic E-state index is 13.1. The van der Waals surface area contributed by atoms with Gasteiger partial charge in [-0.1, -0.05) is 30.3 Å². The average Bonchev–Trinajstić information content (AvgIpc) is 3.52. The highest BCUT2D eigenvalue weighted by atomic mass is 19.1. The number of nitrogens with one attached hydrogen (secondary N) is 2. The number of hydrogen-bond acceptors (Lipinski definition) is 4. The molecule has 2 heterocycles. The van der Waals surface area contributed by atoms with E-state index in [9.17, 15) is 4.39 Å². The zero-order valence-corrected chi connectivity index (χ0v) is 18.4. The maximum atomic E-state index is 13.1. The molecule has 0 spiro atoms. The quantitative estimate of drug-likeness (QED) is 0.413. The fraction of sp³-hybridized carbons (Fsp3) is 0.360. The molecule has 2 aromatic carbocycles. The van der Waals surface area contributed by atoms with Gasteiger partial charge in [-0.25, -0.2) is 9.37 Å². The lowest BCUT2D eigenvalue weighted by atomic mass is 10.1. The van der Waals surface area contributed by atoms with E-state index in [4.69, 9.17) is 4.42 Å². The van der Waals surface area contributed by atoms with Gasteiger partial charge < -0.3 is 15.1 Å². The fourth-order valence-corrected chi connectivity index (χ4v) is 4.06. The van der Waals surface area contributed by atoms with Crippen LogP contribution in [0.15, 0.2) is 70.3 Å². The Morgan fingerprint density at radius 3 is 2.56 bits per heavy atom. The smallest absolute Gasteiger partial charge is 0.226 e. The van der Waals surface area contributed by atoms with Crippen molar-refractivity contribution >= 4 is 5.96 Å². The van der Waals surface area contributed by atoms with Gasteiger partial charge in [0.25, 0.3) is 0 Å². The molecule has 3 aromatic rings. The molecular weight excluding hydrogens is 405 g/mol. The molecule has 2 N–H and O–H groups in total. The van der Waals surface area contributed by atoms with Crippen LogP contribution < -0.4 is 10.6 Å². The molecule has 32 heavy (non-hydrogen) atoms. The number of nitrogens with zero attached hydrogens (tertiary/aromatic N) is 3. The van der Waals surface area contributed by atoms with Crippen molar-refractivity contribution in [2.45, 2.75) is 25.3 Å². The van der Waals surface area contributed by atoms with Crippen LogP contribution in [0.4, 0.5) is 4.39 Å². The summed E-state index contributed by atoms with van der Waals surface area (Å²) in [5.41, 5.74) is 2.93. The van der Waals surface area contributed by atoms with Crippen LogP contribution in [-0.2, 0) is 6.42 Å². The Morgan fingerprint density at radius 2 is 1.84 bits per heavy atom. The molecular formula is C25H30FN5O. The van der Waals surface area contributed by atoms with E-state index in [1.165, 1.54) is 30.5 Å². The molecule has 0 saturated carbocycles. The topological polar surface area (TPSA) is 65.7 Å². The summed E-state index contributed by atoms with van der Waals surface area (Å²) in [5.74, 6) is 0.994. The molecule has 168 valence electrons. The van der Waals surface area contributed by atoms with Crippen molar-refractivity contribution in [3.05, 3.63) is 77.9 Å². The number of aliphatic imine (C=N–C) groups is 1. The summed E-state index contributed by atoms with van der Waals surface area (Å²) < 4.78 is 18.6. The minimum Gasteiger partial charge on any atom is -0.444 e. The normalized spacial score (nSPS) is 15.6. The minimum atomic E-state index is -0.275. The Morgan fingerprint density at radius 1 is 1.09 bits per heavy atom. The summed E-state index contributed by atoms with van der Waals surface area (Å²) in [7, 11) is 1.78. The fourth-order valence-electron chi connectivity index (χ4n) is 4.06. The summed E-state index contributed by atoms with van der Waals surface area (Å²) in [6.45, 7) is 3.74. The third-order valence-corrected chi connectivity index (χ3v) is 5.77. The zero-order chi connectivity index (χ0) is 22.2. The number of halogens is 1. The first-order valence-electron chi connectivity index (χ1n) is 11.2.